The van der Waals surface area contributed by atoms with Gasteiger partial charge in [-0.1, -0.05) is 19.9 Å². The number of amides is 1. The summed E-state index contributed by atoms with van der Waals surface area (Å²) in [6, 6.07) is 6.29. The summed E-state index contributed by atoms with van der Waals surface area (Å²) in [5.41, 5.74) is 1.62. The van der Waals surface area contributed by atoms with Crippen LogP contribution < -0.4 is 10.0 Å². The van der Waals surface area contributed by atoms with E-state index in [-0.39, 0.29) is 5.91 Å². The molecule has 0 saturated heterocycles. The van der Waals surface area contributed by atoms with E-state index in [1.54, 1.807) is 18.2 Å². The highest BCUT2D eigenvalue weighted by Gasteiger charge is 2.11. The normalized spacial score (nSPS) is 11.5. The van der Waals surface area contributed by atoms with Gasteiger partial charge in [-0.15, -0.1) is 11.3 Å². The molecule has 6 nitrogen and oxygen atoms in total. The maximum Gasteiger partial charge on any atom is 0.257 e. The first kappa shape index (κ1) is 16.4. The Labute approximate surface area is 133 Å². The van der Waals surface area contributed by atoms with E-state index in [2.05, 4.69) is 15.0 Å². The molecule has 2 aromatic rings. The second-order valence-corrected chi connectivity index (χ2v) is 7.75. The molecule has 2 N–H and O–H groups in total. The van der Waals surface area contributed by atoms with Crippen molar-refractivity contribution in [2.24, 2.45) is 0 Å². The Morgan fingerprint density at radius 1 is 1.32 bits per heavy atom. The van der Waals surface area contributed by atoms with Gasteiger partial charge < -0.3 is 0 Å². The van der Waals surface area contributed by atoms with Crippen molar-refractivity contribution in [1.82, 2.24) is 4.98 Å². The zero-order valence-corrected chi connectivity index (χ0v) is 14.1. The number of aromatic nitrogens is 1. The number of benzene rings is 1. The third kappa shape index (κ3) is 4.54. The Kier molecular flexibility index (Phi) is 4.82. The first-order valence-corrected chi connectivity index (χ1v) is 9.36. The summed E-state index contributed by atoms with van der Waals surface area (Å²) < 4.78 is 24.8. The Balaban J connectivity index is 2.13. The van der Waals surface area contributed by atoms with Crippen molar-refractivity contribution in [3.63, 3.8) is 0 Å². The summed E-state index contributed by atoms with van der Waals surface area (Å²) in [4.78, 5) is 16.5. The lowest BCUT2D eigenvalue weighted by Crippen LogP contribution is -2.13. The van der Waals surface area contributed by atoms with Crippen molar-refractivity contribution in [2.75, 3.05) is 16.3 Å². The Hall–Kier alpha value is -1.93. The summed E-state index contributed by atoms with van der Waals surface area (Å²) in [5.74, 6) is -0.0361. The standard InChI is InChI=1S/C14H17N3O3S2/c1-9(2)12-8-21-14(15-12)16-13(18)10-5-4-6-11(7-10)17-22(3,19)20/h4-9,17H,1-3H3,(H,15,16,18). The van der Waals surface area contributed by atoms with Crippen LogP contribution in [0.1, 0.15) is 35.8 Å². The van der Waals surface area contributed by atoms with Crippen LogP contribution in [0.4, 0.5) is 10.8 Å². The summed E-state index contributed by atoms with van der Waals surface area (Å²) in [6.07, 6.45) is 1.06. The molecule has 0 saturated carbocycles. The zero-order valence-electron chi connectivity index (χ0n) is 12.5. The highest BCUT2D eigenvalue weighted by atomic mass is 32.2. The van der Waals surface area contributed by atoms with Gasteiger partial charge in [-0.2, -0.15) is 0 Å². The van der Waals surface area contributed by atoms with Crippen molar-refractivity contribution in [1.29, 1.82) is 0 Å². The first-order chi connectivity index (χ1) is 10.2. The van der Waals surface area contributed by atoms with Crippen LogP contribution in [0, 0.1) is 0 Å². The van der Waals surface area contributed by atoms with Crippen LogP contribution in [0.2, 0.25) is 0 Å². The van der Waals surface area contributed by atoms with Crippen LogP contribution in [-0.2, 0) is 10.0 Å². The summed E-state index contributed by atoms with van der Waals surface area (Å²) in [6.45, 7) is 4.06. The van der Waals surface area contributed by atoms with Gasteiger partial charge in [-0.05, 0) is 24.1 Å². The van der Waals surface area contributed by atoms with Crippen molar-refractivity contribution in [3.05, 3.63) is 40.9 Å². The van der Waals surface area contributed by atoms with Gasteiger partial charge in [0.2, 0.25) is 10.0 Å². The molecule has 1 amide bonds. The molecule has 1 aromatic heterocycles. The van der Waals surface area contributed by atoms with E-state index in [1.165, 1.54) is 17.4 Å². The van der Waals surface area contributed by atoms with Crippen molar-refractivity contribution < 1.29 is 13.2 Å². The van der Waals surface area contributed by atoms with E-state index in [9.17, 15) is 13.2 Å². The fraction of sp³-hybridized carbons (Fsp3) is 0.286. The Morgan fingerprint density at radius 2 is 2.05 bits per heavy atom. The molecule has 1 heterocycles. The van der Waals surface area contributed by atoms with Crippen molar-refractivity contribution >= 4 is 38.1 Å². The number of rotatable bonds is 5. The largest absolute Gasteiger partial charge is 0.298 e. The second kappa shape index (κ2) is 6.45. The van der Waals surface area contributed by atoms with Gasteiger partial charge in [0.25, 0.3) is 5.91 Å². The maximum absolute atomic E-state index is 12.2. The molecular weight excluding hydrogens is 322 g/mol. The topological polar surface area (TPSA) is 88.2 Å². The van der Waals surface area contributed by atoms with Crippen molar-refractivity contribution in [3.8, 4) is 0 Å². The molecule has 0 atom stereocenters. The molecule has 0 radical (unpaired) electrons. The third-order valence-electron chi connectivity index (χ3n) is 2.76. The highest BCUT2D eigenvalue weighted by Crippen LogP contribution is 2.22. The van der Waals surface area contributed by atoms with Crippen LogP contribution in [-0.4, -0.2) is 25.6 Å². The Bertz CT molecular complexity index is 782. The number of thiazole rings is 1. The lowest BCUT2D eigenvalue weighted by atomic mass is 10.2. The summed E-state index contributed by atoms with van der Waals surface area (Å²) in [7, 11) is -3.38. The fourth-order valence-electron chi connectivity index (χ4n) is 1.72. The number of carbonyl (C=O) groups excluding carboxylic acids is 1. The van der Waals surface area contributed by atoms with E-state index in [1.807, 2.05) is 19.2 Å². The smallest absolute Gasteiger partial charge is 0.257 e. The van der Waals surface area contributed by atoms with Gasteiger partial charge in [0, 0.05) is 16.6 Å². The number of anilines is 2. The molecule has 2 rings (SSSR count). The molecule has 0 unspecified atom stereocenters. The first-order valence-electron chi connectivity index (χ1n) is 6.59. The monoisotopic (exact) mass is 339 g/mol. The number of hydrogen-bond acceptors (Lipinski definition) is 5. The van der Waals surface area contributed by atoms with E-state index < -0.39 is 10.0 Å². The minimum absolute atomic E-state index is 0.296. The average molecular weight is 339 g/mol. The van der Waals surface area contributed by atoms with Gasteiger partial charge in [-0.3, -0.25) is 14.8 Å². The van der Waals surface area contributed by atoms with Gasteiger partial charge in [0.1, 0.15) is 0 Å². The number of nitrogens with one attached hydrogen (secondary N) is 2. The van der Waals surface area contributed by atoms with Crippen LogP contribution in [0.3, 0.4) is 0 Å². The molecule has 22 heavy (non-hydrogen) atoms. The minimum atomic E-state index is -3.38. The number of sulfonamides is 1. The highest BCUT2D eigenvalue weighted by molar-refractivity contribution is 7.92. The molecule has 8 heteroatoms. The number of nitrogens with zero attached hydrogens (tertiary/aromatic N) is 1. The molecule has 0 bridgehead atoms. The molecular formula is C14H17N3O3S2. The van der Waals surface area contributed by atoms with Crippen LogP contribution in [0.5, 0.6) is 0 Å². The van der Waals surface area contributed by atoms with Crippen LogP contribution in [0.15, 0.2) is 29.6 Å². The second-order valence-electron chi connectivity index (χ2n) is 5.14. The number of carbonyl (C=O) groups is 1. The maximum atomic E-state index is 12.2. The lowest BCUT2D eigenvalue weighted by molar-refractivity contribution is 0.102. The van der Waals surface area contributed by atoms with Gasteiger partial charge >= 0.3 is 0 Å². The SMILES string of the molecule is CC(C)c1csc(NC(=O)c2cccc(NS(C)(=O)=O)c2)n1. The molecule has 0 spiro atoms. The quantitative estimate of drug-likeness (QED) is 0.877. The molecule has 118 valence electrons. The number of hydrogen-bond donors (Lipinski definition) is 2. The van der Waals surface area contributed by atoms with E-state index >= 15 is 0 Å². The Morgan fingerprint density at radius 3 is 2.64 bits per heavy atom. The third-order valence-corrected chi connectivity index (χ3v) is 4.14. The predicted molar refractivity (Wildman–Crippen MR) is 89.1 cm³/mol. The minimum Gasteiger partial charge on any atom is -0.298 e. The zero-order chi connectivity index (χ0) is 16.3. The molecule has 0 fully saturated rings. The van der Waals surface area contributed by atoms with E-state index in [0.717, 1.165) is 11.9 Å². The van der Waals surface area contributed by atoms with Crippen LogP contribution >= 0.6 is 11.3 Å². The van der Waals surface area contributed by atoms with Gasteiger partial charge in [0.05, 0.1) is 11.9 Å². The lowest BCUT2D eigenvalue weighted by Gasteiger charge is -2.06. The molecule has 0 aliphatic heterocycles. The fourth-order valence-corrected chi connectivity index (χ4v) is 3.14. The molecule has 1 aromatic carbocycles. The van der Waals surface area contributed by atoms with Crippen LogP contribution in [0.25, 0.3) is 0 Å². The molecule has 0 aliphatic rings. The average Bonchev–Trinajstić information content (AvgIpc) is 2.85. The molecule has 0 aliphatic carbocycles. The predicted octanol–water partition coefficient (Wildman–Crippen LogP) is 2.89. The van der Waals surface area contributed by atoms with Gasteiger partial charge in [-0.25, -0.2) is 13.4 Å². The summed E-state index contributed by atoms with van der Waals surface area (Å²) >= 11 is 1.36. The van der Waals surface area contributed by atoms with Gasteiger partial charge in [0.15, 0.2) is 5.13 Å². The summed E-state index contributed by atoms with van der Waals surface area (Å²) in [5, 5.41) is 5.14. The van der Waals surface area contributed by atoms with Crippen molar-refractivity contribution in [2.45, 2.75) is 19.8 Å². The van der Waals surface area contributed by atoms with E-state index in [0.29, 0.717) is 22.3 Å². The van der Waals surface area contributed by atoms with E-state index in [4.69, 9.17) is 0 Å².